The van der Waals surface area contributed by atoms with Crippen LogP contribution in [0.1, 0.15) is 128 Å². The van der Waals surface area contributed by atoms with Crippen LogP contribution in [0.2, 0.25) is 0 Å². The SMILES string of the molecule is CC(C)(C)OC(=O)NC(C)(C(=O)O)c1ccc([N+](=O)[O-])cc1Br.COC(=O)C(C)(N)c1ccc([N+](=O)[O-])cc1Br.COC(=O)C(C)(N=C(c1ccccc1)c1ccccc1)c1ccc([N+](=O)[O-])cc1Br.COC(=O)C(C)(NC(=O)OC(C)(C)C)c1ccc([N+](=O)[O-])cc1Br.COC(=O)C(C)N.COC(=O)C(C)N=C(c1ccccc1)c1ccccc1.O=[N+]([O-])c1cccc(Br)c1. The van der Waals surface area contributed by atoms with Crippen molar-refractivity contribution >= 4 is 168 Å². The highest BCUT2D eigenvalue weighted by molar-refractivity contribution is 9.11. The molecule has 0 fully saturated rings. The number of hydrogen-bond donors (Lipinski definition) is 5. The van der Waals surface area contributed by atoms with Crippen molar-refractivity contribution in [1.82, 2.24) is 10.6 Å². The Morgan fingerprint density at radius 1 is 0.382 bits per heavy atom. The lowest BCUT2D eigenvalue weighted by molar-refractivity contribution is -0.385. The molecule has 6 atom stereocenters. The van der Waals surface area contributed by atoms with Crippen molar-refractivity contribution in [3.05, 3.63) is 336 Å². The van der Waals surface area contributed by atoms with E-state index in [-0.39, 0.29) is 54.9 Å². The van der Waals surface area contributed by atoms with Gasteiger partial charge < -0.3 is 60.4 Å². The van der Waals surface area contributed by atoms with Crippen LogP contribution in [0.25, 0.3) is 0 Å². The van der Waals surface area contributed by atoms with E-state index in [1.54, 1.807) is 74.4 Å². The number of hydrogen-bond acceptors (Lipinski definition) is 29. The van der Waals surface area contributed by atoms with Crippen molar-refractivity contribution in [2.75, 3.05) is 35.5 Å². The van der Waals surface area contributed by atoms with Crippen LogP contribution in [-0.2, 0) is 84.1 Å². The van der Waals surface area contributed by atoms with E-state index in [2.05, 4.69) is 105 Å². The van der Waals surface area contributed by atoms with E-state index < -0.39 is 106 Å². The number of aliphatic carboxylic acids is 1. The molecule has 9 aromatic rings. The molecule has 0 aliphatic carbocycles. The fraction of sp³-hybridized carbons (Fsp3) is 0.281. The van der Waals surface area contributed by atoms with Crippen LogP contribution < -0.4 is 22.1 Å². The molecule has 9 aromatic carbocycles. The average molecular weight is 2140 g/mol. The van der Waals surface area contributed by atoms with Crippen molar-refractivity contribution in [3.63, 3.8) is 0 Å². The lowest BCUT2D eigenvalue weighted by Crippen LogP contribution is -2.51. The minimum atomic E-state index is -1.82. The molecular formula is C89H96Br5N11O26. The van der Waals surface area contributed by atoms with E-state index in [9.17, 15) is 94.0 Å². The van der Waals surface area contributed by atoms with E-state index in [0.717, 1.165) is 38.5 Å². The summed E-state index contributed by atoms with van der Waals surface area (Å²) in [5, 5.41) is 67.7. The third-order valence-electron chi connectivity index (χ3n) is 17.5. The van der Waals surface area contributed by atoms with Gasteiger partial charge in [0.05, 0.1) is 71.6 Å². The number of nitrogens with two attached hydrogens (primary N) is 2. The summed E-state index contributed by atoms with van der Waals surface area (Å²) in [6, 6.07) is 59.6. The van der Waals surface area contributed by atoms with Gasteiger partial charge in [0.25, 0.3) is 28.4 Å². The number of benzene rings is 9. The number of halogens is 5. The predicted molar refractivity (Wildman–Crippen MR) is 504 cm³/mol. The van der Waals surface area contributed by atoms with Gasteiger partial charge in [-0.2, -0.15) is 0 Å². The Labute approximate surface area is 795 Å². The smallest absolute Gasteiger partial charge is 0.408 e. The first-order valence-electron chi connectivity index (χ1n) is 38.3. The third kappa shape index (κ3) is 34.4. The van der Waals surface area contributed by atoms with Crippen LogP contribution in [0, 0.1) is 50.6 Å². The number of carbonyl (C=O) groups excluding carboxylic acids is 7. The van der Waals surface area contributed by atoms with Gasteiger partial charge in [-0.25, -0.2) is 33.6 Å². The number of nitro benzene ring substituents is 5. The number of rotatable bonds is 23. The number of non-ortho nitro benzene ring substituents is 5. The molecule has 131 heavy (non-hydrogen) atoms. The van der Waals surface area contributed by atoms with Crippen LogP contribution in [0.15, 0.2) is 251 Å². The highest BCUT2D eigenvalue weighted by Gasteiger charge is 2.44. The second-order valence-electron chi connectivity index (χ2n) is 29.9. The van der Waals surface area contributed by atoms with Crippen molar-refractivity contribution in [1.29, 1.82) is 0 Å². The van der Waals surface area contributed by atoms with Gasteiger partial charge in [-0.05, 0) is 119 Å². The standard InChI is InChI=1S/C23H19BrN2O4.C17H17NO2.C15H19BrN2O6.C14H17BrN2O6.C10H11BrN2O4.C6H4BrNO2.C4H9NO2/c1-23(22(27)30-2,19-14-13-18(26(28)29)15-20(19)24)25-21(16-9-5-3-6-10-16)17-11-7-4-8-12-17;1-13(17(19)20-2)18-16(14-9-5-3-6-10-14)15-11-7-4-8-12-15;1-14(2,3)24-13(20)17-15(4,12(19)23-5)10-7-6-9(18(21)22)8-11(10)16;1-13(2,3)23-12(20)16-14(4,11(18)19)9-6-5-8(17(21)22)7-10(9)15;1-10(12,9(14)17-2)7-4-3-6(13(15)16)5-8(7)11;7-5-2-1-3-6(4-5)8(9)10;1-3(5)4(6)7-2/h3-15H,1-2H3;3-13H,1-2H3;6-8H,1-5H3,(H,17,20);5-7H,1-4H3,(H,16,20)(H,18,19);3-5H,12H2,1-2H3;1-4H;3H,5H2,1-2H3. The van der Waals surface area contributed by atoms with Gasteiger partial charge in [0, 0.05) is 122 Å². The number of carbonyl (C=O) groups is 8. The zero-order valence-electron chi connectivity index (χ0n) is 73.8. The number of alkyl carbamates (subject to hydrolysis) is 2. The summed E-state index contributed by atoms with van der Waals surface area (Å²) in [7, 11) is 6.38. The van der Waals surface area contributed by atoms with Crippen LogP contribution in [0.5, 0.6) is 0 Å². The number of amides is 2. The molecule has 6 unspecified atom stereocenters. The molecule has 2 amide bonds. The normalized spacial score (nSPS) is 12.7. The largest absolute Gasteiger partial charge is 0.479 e. The monoisotopic (exact) mass is 2130 g/mol. The zero-order valence-corrected chi connectivity index (χ0v) is 81.7. The second-order valence-corrected chi connectivity index (χ2v) is 34.2. The molecule has 0 radical (unpaired) electrons. The van der Waals surface area contributed by atoms with E-state index >= 15 is 0 Å². The zero-order chi connectivity index (χ0) is 99.4. The summed E-state index contributed by atoms with van der Waals surface area (Å²) in [4.78, 5) is 154. The lowest BCUT2D eigenvalue weighted by atomic mass is 9.91. The first kappa shape index (κ1) is 112. The summed E-state index contributed by atoms with van der Waals surface area (Å²) in [5.74, 6) is -4.00. The van der Waals surface area contributed by atoms with E-state index in [4.69, 9.17) is 40.1 Å². The van der Waals surface area contributed by atoms with Gasteiger partial charge in [-0.1, -0.05) is 207 Å². The third-order valence-corrected chi connectivity index (χ3v) is 20.6. The molecule has 0 heterocycles. The molecule has 7 N–H and O–H groups in total. The second kappa shape index (κ2) is 51.4. The minimum Gasteiger partial charge on any atom is -0.479 e. The van der Waals surface area contributed by atoms with E-state index in [1.165, 1.54) is 135 Å². The number of ether oxygens (including phenoxy) is 7. The highest BCUT2D eigenvalue weighted by atomic mass is 79.9. The molecule has 0 saturated carbocycles. The first-order valence-corrected chi connectivity index (χ1v) is 42.3. The molecule has 9 rings (SSSR count). The van der Waals surface area contributed by atoms with Gasteiger partial charge in [0.1, 0.15) is 28.8 Å². The molecule has 0 saturated heterocycles. The number of carboxylic acids is 1. The van der Waals surface area contributed by atoms with Gasteiger partial charge in [0.15, 0.2) is 16.6 Å². The van der Waals surface area contributed by atoms with E-state index in [0.29, 0.717) is 31.3 Å². The summed E-state index contributed by atoms with van der Waals surface area (Å²) in [5.41, 5.74) is 9.09. The maximum Gasteiger partial charge on any atom is 0.408 e. The van der Waals surface area contributed by atoms with Gasteiger partial charge in [-0.3, -0.25) is 65.4 Å². The predicted octanol–water partition coefficient (Wildman–Crippen LogP) is 18.4. The van der Waals surface area contributed by atoms with Crippen LogP contribution >= 0.6 is 79.6 Å². The van der Waals surface area contributed by atoms with E-state index in [1.807, 2.05) is 121 Å². The molecule has 0 aromatic heterocycles. The Kier molecular flexibility index (Phi) is 44.0. The summed E-state index contributed by atoms with van der Waals surface area (Å²) < 4.78 is 35.6. The number of methoxy groups -OCH3 is 5. The number of esters is 5. The topological polar surface area (TPSA) is 538 Å². The number of nitrogens with zero attached hydrogens (tertiary/aromatic N) is 7. The molecule has 698 valence electrons. The molecule has 0 bridgehead atoms. The molecular weight excluding hydrogens is 2040 g/mol. The molecule has 0 aliphatic rings. The molecule has 42 heteroatoms. The Hall–Kier alpha value is -13.0. The number of carboxylic acid groups (broad SMARTS) is 1. The summed E-state index contributed by atoms with van der Waals surface area (Å²) in [6.45, 7) is 19.1. The maximum absolute atomic E-state index is 12.9. The Morgan fingerprint density at radius 2 is 0.687 bits per heavy atom. The van der Waals surface area contributed by atoms with Crippen molar-refractivity contribution in [3.8, 4) is 0 Å². The summed E-state index contributed by atoms with van der Waals surface area (Å²) in [6.07, 6.45) is -1.73. The maximum atomic E-state index is 12.9. The fourth-order valence-corrected chi connectivity index (χ4v) is 14.4. The lowest BCUT2D eigenvalue weighted by Gasteiger charge is -2.30. The van der Waals surface area contributed by atoms with Crippen molar-refractivity contribution < 1.29 is 101 Å². The van der Waals surface area contributed by atoms with Crippen LogP contribution in [-0.4, -0.2) is 148 Å². The number of nitro groups is 5. The minimum absolute atomic E-state index is 0.0821. The van der Waals surface area contributed by atoms with Crippen LogP contribution in [0.3, 0.4) is 0 Å². The van der Waals surface area contributed by atoms with Gasteiger partial charge in [0.2, 0.25) is 0 Å². The van der Waals surface area contributed by atoms with Gasteiger partial charge >= 0.3 is 48.0 Å². The molecule has 0 aliphatic heterocycles. The van der Waals surface area contributed by atoms with Crippen LogP contribution in [0.4, 0.5) is 38.0 Å². The Bertz CT molecular complexity index is 5530. The Morgan fingerprint density at radius 3 is 0.962 bits per heavy atom. The van der Waals surface area contributed by atoms with Crippen molar-refractivity contribution in [2.24, 2.45) is 21.5 Å². The molecule has 0 spiro atoms. The quantitative estimate of drug-likeness (QED) is 0.0130. The Balaban J connectivity index is 0.000000407. The average Bonchev–Trinajstić information content (AvgIpc) is 0.780. The first-order chi connectivity index (χ1) is 61.0. The van der Waals surface area contributed by atoms with Gasteiger partial charge in [-0.15, -0.1) is 0 Å². The molecule has 37 nitrogen and oxygen atoms in total. The number of aliphatic imine (C=N–C) groups is 2. The number of nitrogens with one attached hydrogen (secondary N) is 2. The van der Waals surface area contributed by atoms with Crippen molar-refractivity contribution in [2.45, 2.75) is 129 Å². The fourth-order valence-electron chi connectivity index (χ4n) is 10.9. The summed E-state index contributed by atoms with van der Waals surface area (Å²) >= 11 is 16.0. The highest BCUT2D eigenvalue weighted by Crippen LogP contribution is 2.39.